The highest BCUT2D eigenvalue weighted by molar-refractivity contribution is 5.91. The number of esters is 1. The summed E-state index contributed by atoms with van der Waals surface area (Å²) in [5.41, 5.74) is 1.81. The van der Waals surface area contributed by atoms with Crippen LogP contribution in [0.4, 0.5) is 0 Å². The van der Waals surface area contributed by atoms with Crippen molar-refractivity contribution in [3.05, 3.63) is 59.7 Å². The molecule has 0 aliphatic rings. The minimum absolute atomic E-state index is 0.353. The van der Waals surface area contributed by atoms with Crippen molar-refractivity contribution in [2.75, 3.05) is 19.8 Å². The molecule has 0 saturated heterocycles. The molecule has 0 spiro atoms. The molecule has 0 aliphatic heterocycles. The lowest BCUT2D eigenvalue weighted by molar-refractivity contribution is 0.0734. The maximum Gasteiger partial charge on any atom is 0.343 e. The maximum atomic E-state index is 12.5. The predicted molar refractivity (Wildman–Crippen MR) is 140 cm³/mol. The Labute approximate surface area is 207 Å². The number of rotatable bonds is 18. The van der Waals surface area contributed by atoms with Gasteiger partial charge in [0.15, 0.2) is 0 Å². The maximum absolute atomic E-state index is 12.5. The standard InChI is InChI=1S/C30H44O4/c1-4-6-7-8-9-10-13-26-14-18-29(19-15-26)34-30(31)27-16-20-28(21-17-27)33-23-12-11-22-32-24-25(3)5-2/h14-21,25H,4-13,22-24H2,1-3H3. The number of hydrogen-bond acceptors (Lipinski definition) is 4. The Morgan fingerprint density at radius 1 is 0.765 bits per heavy atom. The zero-order valence-corrected chi connectivity index (χ0v) is 21.5. The van der Waals surface area contributed by atoms with Crippen LogP contribution in [0.2, 0.25) is 0 Å². The molecule has 0 saturated carbocycles. The van der Waals surface area contributed by atoms with E-state index in [9.17, 15) is 4.79 Å². The fourth-order valence-corrected chi connectivity index (χ4v) is 3.59. The highest BCUT2D eigenvalue weighted by Gasteiger charge is 2.09. The SMILES string of the molecule is CCCCCCCCc1ccc(OC(=O)c2ccc(OCCCCOCC(C)CC)cc2)cc1. The van der Waals surface area contributed by atoms with Crippen molar-refractivity contribution in [1.82, 2.24) is 0 Å². The molecule has 0 bridgehead atoms. The van der Waals surface area contributed by atoms with Gasteiger partial charge in [-0.2, -0.15) is 0 Å². The van der Waals surface area contributed by atoms with Crippen molar-refractivity contribution in [1.29, 1.82) is 0 Å². The van der Waals surface area contributed by atoms with Crippen LogP contribution in [0.5, 0.6) is 11.5 Å². The monoisotopic (exact) mass is 468 g/mol. The second-order valence-corrected chi connectivity index (χ2v) is 9.22. The third kappa shape index (κ3) is 11.7. The first-order valence-electron chi connectivity index (χ1n) is 13.2. The smallest absolute Gasteiger partial charge is 0.343 e. The molecule has 4 heteroatoms. The summed E-state index contributed by atoms with van der Waals surface area (Å²) in [7, 11) is 0. The van der Waals surface area contributed by atoms with Gasteiger partial charge in [-0.25, -0.2) is 4.79 Å². The van der Waals surface area contributed by atoms with Crippen molar-refractivity contribution in [3.63, 3.8) is 0 Å². The van der Waals surface area contributed by atoms with Gasteiger partial charge in [0.2, 0.25) is 0 Å². The number of hydrogen-bond donors (Lipinski definition) is 0. The average Bonchev–Trinajstić information content (AvgIpc) is 2.86. The fourth-order valence-electron chi connectivity index (χ4n) is 3.59. The summed E-state index contributed by atoms with van der Waals surface area (Å²) >= 11 is 0. The molecule has 0 radical (unpaired) electrons. The predicted octanol–water partition coefficient (Wildman–Crippen LogP) is 8.03. The molecule has 34 heavy (non-hydrogen) atoms. The van der Waals surface area contributed by atoms with Crippen LogP contribution in [0.25, 0.3) is 0 Å². The zero-order valence-electron chi connectivity index (χ0n) is 21.5. The van der Waals surface area contributed by atoms with Crippen molar-refractivity contribution < 1.29 is 19.0 Å². The van der Waals surface area contributed by atoms with Crippen LogP contribution < -0.4 is 9.47 Å². The van der Waals surface area contributed by atoms with E-state index in [4.69, 9.17) is 14.2 Å². The van der Waals surface area contributed by atoms with E-state index in [2.05, 4.69) is 32.9 Å². The van der Waals surface area contributed by atoms with Gasteiger partial charge >= 0.3 is 5.97 Å². The van der Waals surface area contributed by atoms with E-state index < -0.39 is 0 Å². The summed E-state index contributed by atoms with van der Waals surface area (Å²) in [6.07, 6.45) is 11.9. The van der Waals surface area contributed by atoms with Crippen LogP contribution in [0.3, 0.4) is 0 Å². The molecule has 0 aliphatic carbocycles. The first kappa shape index (κ1) is 27.9. The van der Waals surface area contributed by atoms with E-state index in [0.717, 1.165) is 44.6 Å². The molecule has 2 rings (SSSR count). The molecule has 2 aromatic rings. The Morgan fingerprint density at radius 3 is 2.12 bits per heavy atom. The van der Waals surface area contributed by atoms with E-state index in [1.807, 2.05) is 24.3 Å². The van der Waals surface area contributed by atoms with E-state index in [1.54, 1.807) is 12.1 Å². The van der Waals surface area contributed by atoms with Crippen LogP contribution in [-0.2, 0) is 11.2 Å². The molecule has 1 atom stereocenters. The lowest BCUT2D eigenvalue weighted by Crippen LogP contribution is -2.08. The first-order chi connectivity index (χ1) is 16.6. The molecule has 4 nitrogen and oxygen atoms in total. The Bertz CT molecular complexity index is 782. The summed E-state index contributed by atoms with van der Waals surface area (Å²) in [4.78, 5) is 12.5. The largest absolute Gasteiger partial charge is 0.494 e. The Kier molecular flexibility index (Phi) is 14.1. The van der Waals surface area contributed by atoms with E-state index in [0.29, 0.717) is 23.8 Å². The molecule has 0 heterocycles. The minimum atomic E-state index is -0.353. The van der Waals surface area contributed by atoms with E-state index >= 15 is 0 Å². The summed E-state index contributed by atoms with van der Waals surface area (Å²) in [6, 6.07) is 15.0. The third-order valence-corrected chi connectivity index (χ3v) is 6.09. The van der Waals surface area contributed by atoms with Crippen LogP contribution in [0.1, 0.15) is 94.5 Å². The molecular weight excluding hydrogens is 424 g/mol. The molecular formula is C30H44O4. The molecule has 2 aromatic carbocycles. The lowest BCUT2D eigenvalue weighted by Gasteiger charge is -2.10. The van der Waals surface area contributed by atoms with Crippen molar-refractivity contribution >= 4 is 5.97 Å². The second kappa shape index (κ2) is 17.2. The van der Waals surface area contributed by atoms with Gasteiger partial charge in [0, 0.05) is 13.2 Å². The van der Waals surface area contributed by atoms with Gasteiger partial charge in [-0.15, -0.1) is 0 Å². The second-order valence-electron chi connectivity index (χ2n) is 9.22. The Morgan fingerprint density at radius 2 is 1.41 bits per heavy atom. The normalized spacial score (nSPS) is 11.9. The van der Waals surface area contributed by atoms with Gasteiger partial charge in [0.1, 0.15) is 11.5 Å². The molecule has 188 valence electrons. The van der Waals surface area contributed by atoms with Gasteiger partial charge in [-0.3, -0.25) is 0 Å². The molecule has 0 fully saturated rings. The van der Waals surface area contributed by atoms with Gasteiger partial charge in [0.25, 0.3) is 0 Å². The number of aryl methyl sites for hydroxylation is 1. The number of ether oxygens (including phenoxy) is 3. The number of benzene rings is 2. The number of carbonyl (C=O) groups excluding carboxylic acids is 1. The summed E-state index contributed by atoms with van der Waals surface area (Å²) in [5.74, 6) is 1.60. The lowest BCUT2D eigenvalue weighted by atomic mass is 10.0. The van der Waals surface area contributed by atoms with Gasteiger partial charge in [-0.1, -0.05) is 71.4 Å². The van der Waals surface area contributed by atoms with Crippen LogP contribution >= 0.6 is 0 Å². The zero-order chi connectivity index (χ0) is 24.4. The summed E-state index contributed by atoms with van der Waals surface area (Å²) < 4.78 is 17.0. The highest BCUT2D eigenvalue weighted by atomic mass is 16.5. The number of unbranched alkanes of at least 4 members (excludes halogenated alkanes) is 6. The fraction of sp³-hybridized carbons (Fsp3) is 0.567. The summed E-state index contributed by atoms with van der Waals surface area (Å²) in [6.45, 7) is 8.88. The first-order valence-corrected chi connectivity index (χ1v) is 13.2. The Balaban J connectivity index is 1.64. The molecule has 0 N–H and O–H groups in total. The van der Waals surface area contributed by atoms with Crippen molar-refractivity contribution in [2.24, 2.45) is 5.92 Å². The molecule has 0 amide bonds. The minimum Gasteiger partial charge on any atom is -0.494 e. The summed E-state index contributed by atoms with van der Waals surface area (Å²) in [5, 5.41) is 0. The topological polar surface area (TPSA) is 44.8 Å². The Hall–Kier alpha value is -2.33. The van der Waals surface area contributed by atoms with Gasteiger partial charge in [-0.05, 0) is 73.6 Å². The van der Waals surface area contributed by atoms with Crippen LogP contribution in [0, 0.1) is 5.92 Å². The van der Waals surface area contributed by atoms with Crippen molar-refractivity contribution in [2.45, 2.75) is 85.0 Å². The molecule has 0 aromatic heterocycles. The van der Waals surface area contributed by atoms with Gasteiger partial charge in [0.05, 0.1) is 12.2 Å². The third-order valence-electron chi connectivity index (χ3n) is 6.09. The van der Waals surface area contributed by atoms with Gasteiger partial charge < -0.3 is 14.2 Å². The van der Waals surface area contributed by atoms with Crippen LogP contribution in [-0.4, -0.2) is 25.8 Å². The van der Waals surface area contributed by atoms with Crippen LogP contribution in [0.15, 0.2) is 48.5 Å². The average molecular weight is 469 g/mol. The molecule has 1 unspecified atom stereocenters. The van der Waals surface area contributed by atoms with Crippen molar-refractivity contribution in [3.8, 4) is 11.5 Å². The van der Waals surface area contributed by atoms with E-state index in [1.165, 1.54) is 44.1 Å². The number of carbonyl (C=O) groups is 1. The van der Waals surface area contributed by atoms with E-state index in [-0.39, 0.29) is 5.97 Å². The quantitative estimate of drug-likeness (QED) is 0.126. The highest BCUT2D eigenvalue weighted by Crippen LogP contribution is 2.18.